The number of phenols is 1. The molecule has 4 atom stereocenters. The highest BCUT2D eigenvalue weighted by atomic mass is 16.3. The van der Waals surface area contributed by atoms with Crippen molar-refractivity contribution in [2.75, 3.05) is 69.1 Å². The highest BCUT2D eigenvalue weighted by Crippen LogP contribution is 2.56. The number of carbonyl (C=O) groups excluding carboxylic acids is 3. The first-order chi connectivity index (χ1) is 34.1. The number of aromatic hydroxyl groups is 1. The van der Waals surface area contributed by atoms with Gasteiger partial charge in [0, 0.05) is 93.9 Å². The van der Waals surface area contributed by atoms with E-state index in [1.54, 1.807) is 6.07 Å². The number of nitrogens with one attached hydrogen (secondary N) is 3. The number of aliphatic hydroxyl groups is 1. The summed E-state index contributed by atoms with van der Waals surface area (Å²) in [4.78, 5) is 53.9. The predicted octanol–water partition coefficient (Wildman–Crippen LogP) is 4.82. The molecule has 3 aliphatic carbocycles. The fraction of sp³-hybridized carbons (Fsp3) is 0.625. The van der Waals surface area contributed by atoms with Crippen molar-refractivity contribution >= 4 is 29.2 Å². The number of phenolic OH excluding ortho intramolecular Hbond substituents is 1. The molecule has 4 saturated heterocycles. The molecule has 2 spiro atoms. The average Bonchev–Trinajstić information content (AvgIpc) is 3.74. The number of hydrogen-bond acceptors (Lipinski definition) is 12. The maximum absolute atomic E-state index is 14.2. The zero-order chi connectivity index (χ0) is 49.2. The number of fused-ring (bicyclic) bond motifs is 3. The molecule has 5 aliphatic heterocycles. The quantitative estimate of drug-likeness (QED) is 0.176. The lowest BCUT2D eigenvalue weighted by atomic mass is 9.56. The van der Waals surface area contributed by atoms with E-state index in [1.165, 1.54) is 69.6 Å². The normalized spacial score (nSPS) is 29.4. The Hall–Kier alpha value is -5.27. The smallest absolute Gasteiger partial charge is 0.246 e. The molecule has 7 fully saturated rings. The monoisotopic (exact) mass is 967 g/mol. The number of terminal acetylenes is 1. The van der Waals surface area contributed by atoms with Gasteiger partial charge in [-0.3, -0.25) is 24.2 Å². The lowest BCUT2D eigenvalue weighted by Gasteiger charge is -2.64. The summed E-state index contributed by atoms with van der Waals surface area (Å²) in [6, 6.07) is 17.6. The van der Waals surface area contributed by atoms with Crippen LogP contribution in [-0.4, -0.2) is 159 Å². The molecule has 3 aromatic rings. The van der Waals surface area contributed by atoms with Gasteiger partial charge < -0.3 is 40.9 Å². The van der Waals surface area contributed by atoms with E-state index in [0.29, 0.717) is 46.3 Å². The van der Waals surface area contributed by atoms with E-state index in [9.17, 15) is 24.6 Å². The Bertz CT molecular complexity index is 2500. The van der Waals surface area contributed by atoms with Gasteiger partial charge in [-0.2, -0.15) is 0 Å². The summed E-state index contributed by atoms with van der Waals surface area (Å²) in [7, 11) is 0. The van der Waals surface area contributed by atoms with E-state index in [0.717, 1.165) is 74.5 Å². The Labute approximate surface area is 419 Å². The second-order valence-corrected chi connectivity index (χ2v) is 24.0. The predicted molar refractivity (Wildman–Crippen MR) is 273 cm³/mol. The number of aromatic nitrogens is 2. The molecule has 71 heavy (non-hydrogen) atoms. The first kappa shape index (κ1) is 48.0. The Kier molecular flexibility index (Phi) is 12.8. The number of aliphatic hydroxyl groups excluding tert-OH is 1. The number of piperidine rings is 1. The number of nitrogens with zero attached hydrogens (tertiary/aromatic N) is 7. The first-order valence-electron chi connectivity index (χ1n) is 26.7. The van der Waals surface area contributed by atoms with Gasteiger partial charge in [-0.15, -0.1) is 16.6 Å². The van der Waals surface area contributed by atoms with Crippen molar-refractivity contribution in [1.29, 1.82) is 0 Å². The largest absolute Gasteiger partial charge is 0.507 e. The molecule has 3 saturated carbocycles. The van der Waals surface area contributed by atoms with E-state index in [2.05, 4.69) is 57.7 Å². The Balaban J connectivity index is 0.594. The zero-order valence-corrected chi connectivity index (χ0v) is 42.0. The van der Waals surface area contributed by atoms with E-state index < -0.39 is 23.6 Å². The number of hydrogen-bond donors (Lipinski definition) is 5. The van der Waals surface area contributed by atoms with Crippen molar-refractivity contribution in [3.05, 3.63) is 65.7 Å². The maximum atomic E-state index is 14.2. The molecule has 2 aromatic carbocycles. The average molecular weight is 967 g/mol. The molecule has 0 unspecified atom stereocenters. The summed E-state index contributed by atoms with van der Waals surface area (Å²) in [6.07, 6.45) is 16.2. The number of amides is 3. The van der Waals surface area contributed by atoms with Crippen LogP contribution >= 0.6 is 0 Å². The highest BCUT2D eigenvalue weighted by molar-refractivity contribution is 5.93. The molecule has 11 rings (SSSR count). The van der Waals surface area contributed by atoms with Crippen molar-refractivity contribution in [2.45, 2.75) is 140 Å². The van der Waals surface area contributed by atoms with Crippen LogP contribution in [0.4, 0.5) is 11.5 Å². The molecular formula is C56H74N10O5. The van der Waals surface area contributed by atoms with Gasteiger partial charge in [0.05, 0.1) is 23.5 Å². The molecule has 15 nitrogen and oxygen atoms in total. The van der Waals surface area contributed by atoms with E-state index in [1.807, 2.05) is 63.2 Å². The van der Waals surface area contributed by atoms with Crippen LogP contribution in [0.15, 0.2) is 54.6 Å². The van der Waals surface area contributed by atoms with Crippen LogP contribution in [0, 0.1) is 34.5 Å². The second-order valence-electron chi connectivity index (χ2n) is 24.0. The van der Waals surface area contributed by atoms with Gasteiger partial charge in [-0.05, 0) is 129 Å². The van der Waals surface area contributed by atoms with E-state index in [4.69, 9.17) is 6.42 Å². The topological polar surface area (TPSA) is 170 Å². The van der Waals surface area contributed by atoms with Crippen LogP contribution in [-0.2, 0) is 20.9 Å². The minimum Gasteiger partial charge on any atom is -0.507 e. The summed E-state index contributed by atoms with van der Waals surface area (Å²) in [5, 5.41) is 39.7. The van der Waals surface area contributed by atoms with Gasteiger partial charge in [0.1, 0.15) is 17.8 Å². The minimum atomic E-state index is -0.822. The summed E-state index contributed by atoms with van der Waals surface area (Å²) in [5.41, 5.74) is 4.38. The molecule has 8 aliphatic rings. The lowest BCUT2D eigenvalue weighted by Crippen LogP contribution is -2.71. The summed E-state index contributed by atoms with van der Waals surface area (Å²) in [5.74, 6) is 2.80. The molecule has 5 N–H and O–H groups in total. The van der Waals surface area contributed by atoms with E-state index in [-0.39, 0.29) is 48.9 Å². The number of rotatable bonds is 10. The number of benzene rings is 2. The SMILES string of the molecule is C#Cc1ccc(CNC(=O)[C@@H]2C[C@@H](O)CN2C(=O)[C@@H](NC(=O)[C@H]2CCC3(CC2)C[C@H](N2CCC(N4CC5(CC(N6CCN7c8cc(-c9ccccc9O)nnc8NC[C@H]7C6)C5)C4)CC2)C3)C(C)(C)C)cc1. The molecular weight excluding hydrogens is 893 g/mol. The van der Waals surface area contributed by atoms with Crippen LogP contribution in [0.2, 0.25) is 0 Å². The summed E-state index contributed by atoms with van der Waals surface area (Å²) >= 11 is 0. The lowest BCUT2D eigenvalue weighted by molar-refractivity contribution is -0.145. The number of anilines is 2. The number of para-hydroxylation sites is 1. The fourth-order valence-corrected chi connectivity index (χ4v) is 14.1. The van der Waals surface area contributed by atoms with Crippen molar-refractivity contribution in [3.8, 4) is 29.4 Å². The van der Waals surface area contributed by atoms with Crippen LogP contribution in [0.5, 0.6) is 5.75 Å². The zero-order valence-electron chi connectivity index (χ0n) is 42.0. The fourth-order valence-electron chi connectivity index (χ4n) is 14.1. The minimum absolute atomic E-state index is 0.0546. The standard InChI is InChI=1S/C56H74N10O5/c1-5-36-10-12-37(13-11-36)30-58-52(70)47-24-43(67)33-66(47)53(71)49(54(2,3)4)59-51(69)38-14-18-55(19-15-38)26-40(27-55)62-20-16-39(17-21-62)64-34-56(35-64)28-41(29-56)63-22-23-65-42(32-63)31-57-50-46(65)25-45(60-61-50)44-8-6-7-9-48(44)68/h1,6-13,25,38-43,47,49,67-68H,14-24,26-35H2,2-4H3,(H,57,61)(H,58,70)(H,59,69)/t38-,40-,42-,43+,47-,49+,55?/m0/s1. The molecule has 6 heterocycles. The molecule has 3 amide bonds. The van der Waals surface area contributed by atoms with Gasteiger partial charge in [0.25, 0.3) is 0 Å². The Morgan fingerprint density at radius 2 is 1.54 bits per heavy atom. The van der Waals surface area contributed by atoms with Gasteiger partial charge in [-0.1, -0.05) is 51.0 Å². The molecule has 378 valence electrons. The van der Waals surface area contributed by atoms with Gasteiger partial charge in [0.15, 0.2) is 5.82 Å². The number of piperazine rings is 1. The number of likely N-dealkylation sites (tertiary alicyclic amines) is 3. The Morgan fingerprint density at radius 3 is 2.24 bits per heavy atom. The second kappa shape index (κ2) is 19.0. The van der Waals surface area contributed by atoms with Crippen molar-refractivity contribution in [1.82, 2.24) is 40.4 Å². The number of β-amino-alcohol motifs (C(OH)–C–C–N with tert-alkyl or cyclic N) is 1. The van der Waals surface area contributed by atoms with Crippen LogP contribution < -0.4 is 20.9 Å². The molecule has 0 bridgehead atoms. The van der Waals surface area contributed by atoms with Crippen molar-refractivity contribution < 1.29 is 24.6 Å². The van der Waals surface area contributed by atoms with Crippen molar-refractivity contribution in [3.63, 3.8) is 0 Å². The van der Waals surface area contributed by atoms with Crippen LogP contribution in [0.1, 0.15) is 103 Å². The third kappa shape index (κ3) is 9.50. The van der Waals surface area contributed by atoms with Gasteiger partial charge >= 0.3 is 0 Å². The van der Waals surface area contributed by atoms with E-state index >= 15 is 0 Å². The van der Waals surface area contributed by atoms with Crippen LogP contribution in [0.25, 0.3) is 11.3 Å². The summed E-state index contributed by atoms with van der Waals surface area (Å²) in [6.45, 7) is 15.0. The van der Waals surface area contributed by atoms with Gasteiger partial charge in [-0.25, -0.2) is 0 Å². The molecule has 0 radical (unpaired) electrons. The third-order valence-electron chi connectivity index (χ3n) is 18.4. The first-order valence-corrected chi connectivity index (χ1v) is 26.7. The van der Waals surface area contributed by atoms with Crippen molar-refractivity contribution in [2.24, 2.45) is 22.2 Å². The van der Waals surface area contributed by atoms with Gasteiger partial charge in [0.2, 0.25) is 17.7 Å². The molecule has 1 aromatic heterocycles. The highest BCUT2D eigenvalue weighted by Gasteiger charge is 2.56. The third-order valence-corrected chi connectivity index (χ3v) is 18.4. The van der Waals surface area contributed by atoms with Crippen LogP contribution in [0.3, 0.4) is 0 Å². The Morgan fingerprint density at radius 1 is 0.831 bits per heavy atom. The number of carbonyl (C=O) groups is 3. The summed E-state index contributed by atoms with van der Waals surface area (Å²) < 4.78 is 0. The maximum Gasteiger partial charge on any atom is 0.246 e. The molecule has 15 heteroatoms.